The molecule has 1 aliphatic heterocycles. The number of guanidine groups is 1. The third-order valence-corrected chi connectivity index (χ3v) is 21.1. The van der Waals surface area contributed by atoms with Gasteiger partial charge >= 0.3 is 5.97 Å². The average Bonchev–Trinajstić information content (AvgIpc) is 1.62. The number of carbonyl (C=O) groups is 14. The van der Waals surface area contributed by atoms with E-state index in [9.17, 15) is 63.0 Å². The van der Waals surface area contributed by atoms with Crippen molar-refractivity contribution in [3.63, 3.8) is 0 Å². The van der Waals surface area contributed by atoms with Gasteiger partial charge in [0.15, 0.2) is 5.96 Å². The monoisotopic (exact) mass is 1540 g/mol. The molecule has 2 aliphatic carbocycles. The number of aliphatic carboxylic acids is 1. The summed E-state index contributed by atoms with van der Waals surface area (Å²) >= 11 is 0. The van der Waals surface area contributed by atoms with Crippen LogP contribution in [-0.4, -0.2) is 207 Å². The van der Waals surface area contributed by atoms with Gasteiger partial charge in [-0.1, -0.05) is 95.8 Å². The molecule has 0 radical (unpaired) electrons. The summed E-state index contributed by atoms with van der Waals surface area (Å²) in [6, 6.07) is 3.28. The number of para-hydroxylation sites is 1. The van der Waals surface area contributed by atoms with Gasteiger partial charge in [0.1, 0.15) is 65.9 Å². The van der Waals surface area contributed by atoms with Crippen LogP contribution in [0.3, 0.4) is 0 Å². The summed E-state index contributed by atoms with van der Waals surface area (Å²) in [4.78, 5) is 206. The van der Waals surface area contributed by atoms with Crippen molar-refractivity contribution >= 4 is 121 Å². The molecule has 23 N–H and O–H groups in total. The second-order valence-corrected chi connectivity index (χ2v) is 29.3. The van der Waals surface area contributed by atoms with Crippen LogP contribution in [0.15, 0.2) is 84.0 Å². The Labute approximate surface area is 630 Å². The van der Waals surface area contributed by atoms with Gasteiger partial charge in [-0.15, -0.1) is 0 Å². The molecule has 0 bridgehead atoms. The lowest BCUT2D eigenvalue weighted by molar-refractivity contribution is -0.139. The molecule has 3 fully saturated rings. The number of amides is 13. The highest BCUT2D eigenvalue weighted by Gasteiger charge is 2.40. The summed E-state index contributed by atoms with van der Waals surface area (Å²) in [5.41, 5.74) is 29.8. The van der Waals surface area contributed by atoms with Crippen molar-refractivity contribution in [2.24, 2.45) is 39.6 Å². The first-order valence-corrected chi connectivity index (χ1v) is 38.3. The lowest BCUT2D eigenvalue weighted by Gasteiger charge is -2.30. The van der Waals surface area contributed by atoms with Gasteiger partial charge < -0.3 is 102 Å². The molecular weight excluding hydrogens is 1440 g/mol. The molecule has 3 aromatic carbocycles. The first kappa shape index (κ1) is 84.7. The zero-order chi connectivity index (χ0) is 78.4. The van der Waals surface area contributed by atoms with Crippen molar-refractivity contribution in [1.82, 2.24) is 63.1 Å². The van der Waals surface area contributed by atoms with Crippen LogP contribution in [0.2, 0.25) is 0 Å². The summed E-state index contributed by atoms with van der Waals surface area (Å²) in [5.74, 6) is -16.0. The lowest BCUT2D eigenvalue weighted by atomic mass is 9.95. The minimum absolute atomic E-state index is 0.00470. The topological polar surface area (TPSA) is 561 Å². The number of nitrogens with two attached hydrogens (primary N) is 5. The maximum Gasteiger partial charge on any atom is 0.303 e. The standard InChI is InChI=1S/C71H97FN18O16S2/c72-46-16-7-3-12-41(46)33-52-67(103)83-48(18-9-30-79-71(76)77)63(99)78-31-28-57(93)81-49(23-25-56(74)92)64(100)85-53(34-42-35-80-47-17-8-6-15-45(42)47)68(104)84-50(24-26-60(96)97)65(101)87-54(62(75)98)37-107-108-38-55(69(105)89-61(70(106)86-52)40-10-1-2-11-40)88-66(102)51(32-39-19-21-44(91)22-20-39)82-58(94)36-90(59(95)27-29-73)43-13-4-5-14-43/h3,6-8,12,15-17,19-22,35,40,43,48-55,61,80,91H,1-2,4-5,9-11,13-14,18,23-34,36-38,73H2,(H2,74,92)(H2,75,98)(H,78,99)(H,81,93)(H,82,94)(H,83,103)(H,84,104)(H,85,100)(H,86,106)(H,87,101)(H,88,102)(H,89,105)(H,96,97)(H4,76,77,79)/t48-,49-,50-,51-,52-,53-,54-,55-,61-/m0/s1. The molecule has 4 aromatic rings. The number of nitrogens with one attached hydrogen (secondary N) is 11. The van der Waals surface area contributed by atoms with E-state index in [0.717, 1.165) is 40.5 Å². The predicted octanol–water partition coefficient (Wildman–Crippen LogP) is -1.72. The van der Waals surface area contributed by atoms with Crippen LogP contribution in [0.4, 0.5) is 4.39 Å². The van der Waals surface area contributed by atoms with Gasteiger partial charge in [0.2, 0.25) is 76.8 Å². The van der Waals surface area contributed by atoms with E-state index in [1.54, 1.807) is 30.5 Å². The van der Waals surface area contributed by atoms with E-state index < -0.39 is 206 Å². The van der Waals surface area contributed by atoms with E-state index >= 15 is 18.8 Å². The summed E-state index contributed by atoms with van der Waals surface area (Å²) < 4.78 is 15.7. The Bertz CT molecular complexity index is 3870. The number of carbonyl (C=O) groups excluding carboxylic acids is 13. The fraction of sp³-hybridized carbons (Fsp3) is 0.507. The Morgan fingerprint density at radius 2 is 1.23 bits per heavy atom. The molecule has 2 saturated carbocycles. The van der Waals surface area contributed by atoms with Gasteiger partial charge in [0, 0.05) is 99.2 Å². The molecule has 0 spiro atoms. The van der Waals surface area contributed by atoms with Gasteiger partial charge in [-0.2, -0.15) is 0 Å². The number of halogens is 1. The Balaban J connectivity index is 1.28. The van der Waals surface area contributed by atoms with Crippen molar-refractivity contribution in [2.45, 2.75) is 182 Å². The van der Waals surface area contributed by atoms with Crippen LogP contribution in [-0.2, 0) is 86.4 Å². The number of fused-ring (bicyclic) bond motifs is 1. The number of primary amides is 2. The zero-order valence-electron chi connectivity index (χ0n) is 59.6. The molecule has 13 amide bonds. The molecular formula is C71H97FN18O16S2. The van der Waals surface area contributed by atoms with Crippen LogP contribution in [0.1, 0.15) is 119 Å². The molecule has 586 valence electrons. The minimum Gasteiger partial charge on any atom is -0.508 e. The van der Waals surface area contributed by atoms with E-state index in [4.69, 9.17) is 28.7 Å². The highest BCUT2D eigenvalue weighted by molar-refractivity contribution is 8.76. The minimum atomic E-state index is -1.75. The maximum atomic E-state index is 15.7. The molecule has 34 nitrogen and oxygen atoms in total. The van der Waals surface area contributed by atoms with Gasteiger partial charge in [0.25, 0.3) is 0 Å². The Kier molecular flexibility index (Phi) is 33.5. The number of carboxylic acid groups (broad SMARTS) is 1. The number of rotatable bonds is 26. The third kappa shape index (κ3) is 27.0. The number of phenols is 1. The van der Waals surface area contributed by atoms with Gasteiger partial charge in [-0.05, 0) is 98.2 Å². The number of aliphatic imine (C=N–C) groups is 1. The number of hydrogen-bond donors (Lipinski definition) is 18. The second kappa shape index (κ2) is 42.7. The van der Waals surface area contributed by atoms with Crippen LogP contribution in [0.25, 0.3) is 10.9 Å². The number of aromatic nitrogens is 1. The van der Waals surface area contributed by atoms with Gasteiger partial charge in [-0.25, -0.2) is 4.39 Å². The van der Waals surface area contributed by atoms with Crippen LogP contribution in [0.5, 0.6) is 5.75 Å². The first-order valence-electron chi connectivity index (χ1n) is 35.8. The number of hydrogen-bond acceptors (Lipinski definition) is 19. The molecule has 2 heterocycles. The SMILES string of the molecule is NCCC(=O)N(CC(=O)N[C@@H](Cc1ccc(O)cc1)C(=O)N[C@H]1CSSC[C@@H](C(N)=O)NC(=O)[C@H](CCC(=O)O)NC(=O)[C@H](Cc2c[nH]c3ccccc23)NC(=O)[C@H](CCC(N)=O)NC(=O)CCNC(=O)[C@H](CCCN=C(N)N)NC(=O)[C@H](Cc2ccccc2F)NC(=O)[C@H](C2CCCC2)NC1=O)C1CCCC1. The van der Waals surface area contributed by atoms with Crippen molar-refractivity contribution in [3.05, 3.63) is 102 Å². The van der Waals surface area contributed by atoms with E-state index in [0.29, 0.717) is 60.6 Å². The molecule has 1 aromatic heterocycles. The first-order chi connectivity index (χ1) is 51.7. The lowest BCUT2D eigenvalue weighted by Crippen LogP contribution is -2.61. The van der Waals surface area contributed by atoms with Gasteiger partial charge in [0.05, 0.1) is 6.54 Å². The van der Waals surface area contributed by atoms with Crippen molar-refractivity contribution < 1.29 is 81.7 Å². The number of benzene rings is 3. The molecule has 7 rings (SSSR count). The average molecular weight is 1540 g/mol. The van der Waals surface area contributed by atoms with Crippen LogP contribution >= 0.6 is 21.6 Å². The van der Waals surface area contributed by atoms with Gasteiger partial charge in [-0.3, -0.25) is 72.1 Å². The Morgan fingerprint density at radius 3 is 1.89 bits per heavy atom. The molecule has 9 atom stereocenters. The summed E-state index contributed by atoms with van der Waals surface area (Å²) in [6.45, 7) is -0.959. The third-order valence-electron chi connectivity index (χ3n) is 18.7. The molecule has 3 aliphatic rings. The summed E-state index contributed by atoms with van der Waals surface area (Å²) in [5, 5.41) is 46.9. The second-order valence-electron chi connectivity index (χ2n) is 26.8. The van der Waals surface area contributed by atoms with E-state index in [1.807, 2.05) is 0 Å². The quantitative estimate of drug-likeness (QED) is 0.0144. The molecule has 0 unspecified atom stereocenters. The summed E-state index contributed by atoms with van der Waals surface area (Å²) in [6.07, 6.45) is 2.32. The molecule has 1 saturated heterocycles. The number of aromatic amines is 1. The van der Waals surface area contributed by atoms with E-state index in [-0.39, 0.29) is 74.4 Å². The fourth-order valence-electron chi connectivity index (χ4n) is 12.9. The Morgan fingerprint density at radius 1 is 0.639 bits per heavy atom. The highest BCUT2D eigenvalue weighted by atomic mass is 33.1. The summed E-state index contributed by atoms with van der Waals surface area (Å²) in [7, 11) is 1.71. The molecule has 108 heavy (non-hydrogen) atoms. The molecule has 37 heteroatoms. The van der Waals surface area contributed by atoms with Crippen molar-refractivity contribution in [1.29, 1.82) is 0 Å². The van der Waals surface area contributed by atoms with E-state index in [1.165, 1.54) is 47.4 Å². The Hall–Kier alpha value is -10.6. The van der Waals surface area contributed by atoms with Crippen molar-refractivity contribution in [2.75, 3.05) is 37.7 Å². The predicted molar refractivity (Wildman–Crippen MR) is 398 cm³/mol. The number of carboxylic acids is 1. The van der Waals surface area contributed by atoms with Crippen LogP contribution in [0, 0.1) is 11.7 Å². The normalized spacial score (nSPS) is 22.1. The van der Waals surface area contributed by atoms with Crippen LogP contribution < -0.4 is 81.8 Å². The number of aromatic hydroxyl groups is 1. The largest absolute Gasteiger partial charge is 0.508 e. The maximum absolute atomic E-state index is 15.7. The zero-order valence-corrected chi connectivity index (χ0v) is 61.3. The number of H-pyrrole nitrogens is 1. The van der Waals surface area contributed by atoms with Crippen molar-refractivity contribution in [3.8, 4) is 5.75 Å². The highest BCUT2D eigenvalue weighted by Crippen LogP contribution is 2.30. The number of phenolic OH excluding ortho intramolecular Hbond substituents is 1. The number of nitrogens with zero attached hydrogens (tertiary/aromatic N) is 2. The smallest absolute Gasteiger partial charge is 0.303 e. The fourth-order valence-corrected chi connectivity index (χ4v) is 15.3. The van der Waals surface area contributed by atoms with E-state index in [2.05, 4.69) is 63.1 Å².